The van der Waals surface area contributed by atoms with Crippen LogP contribution < -0.4 is 5.32 Å². The van der Waals surface area contributed by atoms with Gasteiger partial charge in [0.1, 0.15) is 0 Å². The Morgan fingerprint density at radius 3 is 2.43 bits per heavy atom. The molecule has 0 saturated heterocycles. The quantitative estimate of drug-likeness (QED) is 0.829. The lowest BCUT2D eigenvalue weighted by molar-refractivity contribution is -0.137. The number of amides is 2. The highest BCUT2D eigenvalue weighted by Crippen LogP contribution is 2.08. The van der Waals surface area contributed by atoms with E-state index in [-0.39, 0.29) is 24.3 Å². The molecule has 1 rings (SSSR count). The molecule has 0 heterocycles. The van der Waals surface area contributed by atoms with Gasteiger partial charge in [0.15, 0.2) is 0 Å². The number of rotatable bonds is 6. The van der Waals surface area contributed by atoms with E-state index in [1.54, 1.807) is 39.2 Å². The first kappa shape index (κ1) is 16.7. The van der Waals surface area contributed by atoms with Crippen LogP contribution in [-0.2, 0) is 4.79 Å². The number of aliphatic carboxylic acids is 1. The molecule has 0 aliphatic rings. The van der Waals surface area contributed by atoms with Crippen molar-refractivity contribution in [2.24, 2.45) is 0 Å². The first-order valence-electron chi connectivity index (χ1n) is 6.65. The van der Waals surface area contributed by atoms with Crippen molar-refractivity contribution in [3.8, 4) is 0 Å². The van der Waals surface area contributed by atoms with Gasteiger partial charge in [-0.25, -0.2) is 0 Å². The highest BCUT2D eigenvalue weighted by atomic mass is 16.4. The van der Waals surface area contributed by atoms with Crippen molar-refractivity contribution in [2.45, 2.75) is 25.8 Å². The molecular weight excluding hydrogens is 272 g/mol. The summed E-state index contributed by atoms with van der Waals surface area (Å²) in [6, 6.07) is 6.19. The van der Waals surface area contributed by atoms with Crippen molar-refractivity contribution >= 4 is 17.8 Å². The average Bonchev–Trinajstić information content (AvgIpc) is 2.44. The van der Waals surface area contributed by atoms with E-state index in [1.165, 1.54) is 11.0 Å². The van der Waals surface area contributed by atoms with E-state index in [4.69, 9.17) is 5.11 Å². The smallest absolute Gasteiger partial charge is 0.303 e. The summed E-state index contributed by atoms with van der Waals surface area (Å²) in [5.41, 5.74) is 0.815. The van der Waals surface area contributed by atoms with Crippen molar-refractivity contribution in [2.75, 3.05) is 14.1 Å². The highest BCUT2D eigenvalue weighted by Gasteiger charge is 2.14. The summed E-state index contributed by atoms with van der Waals surface area (Å²) in [5, 5.41) is 11.3. The first-order valence-corrected chi connectivity index (χ1v) is 6.65. The third kappa shape index (κ3) is 5.25. The number of hydrogen-bond acceptors (Lipinski definition) is 3. The van der Waals surface area contributed by atoms with Gasteiger partial charge in [0, 0.05) is 37.7 Å². The number of carbonyl (C=O) groups excluding carboxylic acids is 2. The third-order valence-electron chi connectivity index (χ3n) is 2.95. The predicted molar refractivity (Wildman–Crippen MR) is 78.3 cm³/mol. The second-order valence-electron chi connectivity index (χ2n) is 5.09. The molecule has 2 N–H and O–H groups in total. The van der Waals surface area contributed by atoms with E-state index >= 15 is 0 Å². The van der Waals surface area contributed by atoms with E-state index in [9.17, 15) is 14.4 Å². The number of nitrogens with one attached hydrogen (secondary N) is 1. The molecule has 1 atom stereocenters. The van der Waals surface area contributed by atoms with Crippen LogP contribution in [0.3, 0.4) is 0 Å². The van der Waals surface area contributed by atoms with Gasteiger partial charge in [-0.15, -0.1) is 0 Å². The fourth-order valence-corrected chi connectivity index (χ4v) is 1.77. The van der Waals surface area contributed by atoms with E-state index in [2.05, 4.69) is 5.32 Å². The Labute approximate surface area is 123 Å². The lowest BCUT2D eigenvalue weighted by atomic mass is 10.1. The van der Waals surface area contributed by atoms with Gasteiger partial charge in [-0.3, -0.25) is 14.4 Å². The fraction of sp³-hybridized carbons (Fsp3) is 0.400. The molecule has 1 aromatic carbocycles. The largest absolute Gasteiger partial charge is 0.481 e. The molecule has 0 bridgehead atoms. The molecular formula is C15H20N2O4. The molecule has 1 unspecified atom stereocenters. The lowest BCUT2D eigenvalue weighted by Gasteiger charge is -2.14. The standard InChI is InChI=1S/C15H20N2O4/c1-10(7-8-13(18)19)16-14(20)11-5-4-6-12(9-11)15(21)17(2)3/h4-6,9-10H,7-8H2,1-3H3,(H,16,20)(H,18,19). The molecule has 2 amide bonds. The van der Waals surface area contributed by atoms with Crippen molar-refractivity contribution < 1.29 is 19.5 Å². The van der Waals surface area contributed by atoms with E-state index in [0.29, 0.717) is 17.5 Å². The van der Waals surface area contributed by atoms with Crippen molar-refractivity contribution in [3.63, 3.8) is 0 Å². The summed E-state index contributed by atoms with van der Waals surface area (Å²) >= 11 is 0. The summed E-state index contributed by atoms with van der Waals surface area (Å²) in [7, 11) is 3.28. The second kappa shape index (κ2) is 7.42. The van der Waals surface area contributed by atoms with E-state index in [0.717, 1.165) is 0 Å². The van der Waals surface area contributed by atoms with Gasteiger partial charge in [-0.2, -0.15) is 0 Å². The summed E-state index contributed by atoms with van der Waals surface area (Å²) in [6.07, 6.45) is 0.359. The second-order valence-corrected chi connectivity index (χ2v) is 5.09. The zero-order valence-corrected chi connectivity index (χ0v) is 12.4. The Kier molecular flexibility index (Phi) is 5.90. The third-order valence-corrected chi connectivity index (χ3v) is 2.95. The molecule has 0 aliphatic carbocycles. The fourth-order valence-electron chi connectivity index (χ4n) is 1.77. The van der Waals surface area contributed by atoms with Crippen LogP contribution in [0.1, 0.15) is 40.5 Å². The number of benzene rings is 1. The van der Waals surface area contributed by atoms with E-state index in [1.807, 2.05) is 0 Å². The van der Waals surface area contributed by atoms with Crippen molar-refractivity contribution in [1.29, 1.82) is 0 Å². The Balaban J connectivity index is 2.72. The number of carboxylic acids is 1. The van der Waals surface area contributed by atoms with Gasteiger partial charge in [0.05, 0.1) is 0 Å². The SMILES string of the molecule is CC(CCC(=O)O)NC(=O)c1cccc(C(=O)N(C)C)c1. The molecule has 0 aromatic heterocycles. The van der Waals surface area contributed by atoms with Gasteiger partial charge in [-0.1, -0.05) is 6.07 Å². The molecule has 0 radical (unpaired) electrons. The summed E-state index contributed by atoms with van der Waals surface area (Å²) in [5.74, 6) is -1.39. The van der Waals surface area contributed by atoms with E-state index < -0.39 is 5.97 Å². The molecule has 0 saturated carbocycles. The van der Waals surface area contributed by atoms with Crippen LogP contribution in [0.2, 0.25) is 0 Å². The maximum absolute atomic E-state index is 12.1. The van der Waals surface area contributed by atoms with Crippen molar-refractivity contribution in [3.05, 3.63) is 35.4 Å². The highest BCUT2D eigenvalue weighted by molar-refractivity contribution is 5.99. The molecule has 0 fully saturated rings. The Hall–Kier alpha value is -2.37. The zero-order chi connectivity index (χ0) is 16.0. The van der Waals surface area contributed by atoms with Crippen LogP contribution in [0, 0.1) is 0 Å². The molecule has 6 heteroatoms. The van der Waals surface area contributed by atoms with Crippen LogP contribution in [0.4, 0.5) is 0 Å². The van der Waals surface area contributed by atoms with Gasteiger partial charge >= 0.3 is 5.97 Å². The van der Waals surface area contributed by atoms with Crippen LogP contribution in [0.25, 0.3) is 0 Å². The van der Waals surface area contributed by atoms with Gasteiger partial charge in [-0.05, 0) is 31.5 Å². The Bertz CT molecular complexity index is 540. The average molecular weight is 292 g/mol. The van der Waals surface area contributed by atoms with Crippen LogP contribution >= 0.6 is 0 Å². The minimum Gasteiger partial charge on any atom is -0.481 e. The van der Waals surface area contributed by atoms with Crippen LogP contribution in [0.15, 0.2) is 24.3 Å². The molecule has 0 aliphatic heterocycles. The van der Waals surface area contributed by atoms with Crippen molar-refractivity contribution in [1.82, 2.24) is 10.2 Å². The van der Waals surface area contributed by atoms with Crippen LogP contribution in [0.5, 0.6) is 0 Å². The lowest BCUT2D eigenvalue weighted by Crippen LogP contribution is -2.33. The number of carboxylic acid groups (broad SMARTS) is 1. The molecule has 114 valence electrons. The van der Waals surface area contributed by atoms with Gasteiger partial charge in [0.25, 0.3) is 11.8 Å². The number of hydrogen-bond donors (Lipinski definition) is 2. The summed E-state index contributed by atoms with van der Waals surface area (Å²) < 4.78 is 0. The summed E-state index contributed by atoms with van der Waals surface area (Å²) in [6.45, 7) is 1.75. The number of nitrogens with zero attached hydrogens (tertiary/aromatic N) is 1. The Morgan fingerprint density at radius 2 is 1.86 bits per heavy atom. The minimum absolute atomic E-state index is 0.000597. The van der Waals surface area contributed by atoms with Crippen LogP contribution in [-0.4, -0.2) is 47.9 Å². The minimum atomic E-state index is -0.894. The zero-order valence-electron chi connectivity index (χ0n) is 12.4. The normalized spacial score (nSPS) is 11.6. The summed E-state index contributed by atoms with van der Waals surface area (Å²) in [4.78, 5) is 35.8. The Morgan fingerprint density at radius 1 is 1.24 bits per heavy atom. The maximum Gasteiger partial charge on any atom is 0.303 e. The molecule has 21 heavy (non-hydrogen) atoms. The molecule has 6 nitrogen and oxygen atoms in total. The number of carbonyl (C=O) groups is 3. The van der Waals surface area contributed by atoms with Gasteiger partial charge in [0.2, 0.25) is 0 Å². The molecule has 1 aromatic rings. The van der Waals surface area contributed by atoms with Gasteiger partial charge < -0.3 is 15.3 Å². The predicted octanol–water partition coefficient (Wildman–Crippen LogP) is 1.37. The first-order chi connectivity index (χ1) is 9.81. The monoisotopic (exact) mass is 292 g/mol. The molecule has 0 spiro atoms. The topological polar surface area (TPSA) is 86.7 Å². The maximum atomic E-state index is 12.1.